The van der Waals surface area contributed by atoms with Crippen molar-refractivity contribution in [2.45, 2.75) is 39.4 Å². The Kier molecular flexibility index (Phi) is 9.29. The molecule has 4 rings (SSSR count). The Morgan fingerprint density at radius 2 is 1.85 bits per heavy atom. The molecule has 1 amide bonds. The summed E-state index contributed by atoms with van der Waals surface area (Å²) in [6.07, 6.45) is 3.27. The summed E-state index contributed by atoms with van der Waals surface area (Å²) < 4.78 is 5.62. The van der Waals surface area contributed by atoms with Crippen LogP contribution in [0.1, 0.15) is 36.6 Å². The maximum absolute atomic E-state index is 12.0. The molecule has 1 aliphatic heterocycles. The number of amides is 1. The number of aromatic nitrogens is 1. The smallest absolute Gasteiger partial charge is 0.226 e. The van der Waals surface area contributed by atoms with Crippen LogP contribution in [0.5, 0.6) is 0 Å². The van der Waals surface area contributed by atoms with Crippen LogP contribution in [0, 0.1) is 0 Å². The number of carbonyl (C=O) groups is 1. The van der Waals surface area contributed by atoms with Gasteiger partial charge in [0.1, 0.15) is 6.26 Å². The zero-order valence-corrected chi connectivity index (χ0v) is 21.1. The molecule has 0 unspecified atom stereocenters. The van der Waals surface area contributed by atoms with Crippen LogP contribution in [0.2, 0.25) is 0 Å². The summed E-state index contributed by atoms with van der Waals surface area (Å²) in [7, 11) is 0. The van der Waals surface area contributed by atoms with E-state index >= 15 is 0 Å². The number of halogens is 1. The fourth-order valence-electron chi connectivity index (χ4n) is 3.72. The summed E-state index contributed by atoms with van der Waals surface area (Å²) in [6.45, 7) is 5.31. The van der Waals surface area contributed by atoms with Crippen LogP contribution in [0.15, 0.2) is 70.3 Å². The molecule has 0 aliphatic carbocycles. The van der Waals surface area contributed by atoms with E-state index in [9.17, 15) is 4.79 Å². The number of oxazole rings is 1. The topological polar surface area (TPSA) is 82.8 Å². The molecular formula is C25H30IN5O2. The minimum Gasteiger partial charge on any atom is -0.444 e. The van der Waals surface area contributed by atoms with Gasteiger partial charge in [0.2, 0.25) is 11.8 Å². The largest absolute Gasteiger partial charge is 0.444 e. The van der Waals surface area contributed by atoms with E-state index in [4.69, 9.17) is 9.41 Å². The van der Waals surface area contributed by atoms with E-state index in [1.165, 1.54) is 0 Å². The van der Waals surface area contributed by atoms with E-state index in [1.807, 2.05) is 54.3 Å². The molecule has 1 aromatic heterocycles. The molecule has 1 aliphatic rings. The van der Waals surface area contributed by atoms with Crippen LogP contribution in [0.25, 0.3) is 11.5 Å². The quantitative estimate of drug-likeness (QED) is 0.244. The summed E-state index contributed by atoms with van der Waals surface area (Å²) in [6, 6.07) is 18.0. The Morgan fingerprint density at radius 3 is 2.58 bits per heavy atom. The highest BCUT2D eigenvalue weighted by molar-refractivity contribution is 14.0. The monoisotopic (exact) mass is 559 g/mol. The highest BCUT2D eigenvalue weighted by Gasteiger charge is 2.20. The molecule has 174 valence electrons. The van der Waals surface area contributed by atoms with Gasteiger partial charge in [-0.15, -0.1) is 24.0 Å². The number of guanidine groups is 1. The van der Waals surface area contributed by atoms with Gasteiger partial charge in [0, 0.05) is 31.6 Å². The summed E-state index contributed by atoms with van der Waals surface area (Å²) in [4.78, 5) is 23.3. The maximum Gasteiger partial charge on any atom is 0.226 e. The summed E-state index contributed by atoms with van der Waals surface area (Å²) in [5, 5.41) is 6.60. The summed E-state index contributed by atoms with van der Waals surface area (Å²) in [5.41, 5.74) is 4.03. The van der Waals surface area contributed by atoms with E-state index in [-0.39, 0.29) is 29.9 Å². The first kappa shape index (κ1) is 24.8. The van der Waals surface area contributed by atoms with Crippen molar-refractivity contribution in [1.82, 2.24) is 20.5 Å². The third-order valence-corrected chi connectivity index (χ3v) is 5.41. The fraction of sp³-hybridized carbons (Fsp3) is 0.320. The second kappa shape index (κ2) is 12.4. The SMILES string of the molecule is CCNC(=NCc1ccccc1CN1CCCC1=O)NCc1coc(-c2ccccc2)n1.I. The van der Waals surface area contributed by atoms with Crippen LogP contribution in [-0.4, -0.2) is 34.8 Å². The Bertz CT molecular complexity index is 1070. The molecule has 0 radical (unpaired) electrons. The number of benzene rings is 2. The number of likely N-dealkylation sites (tertiary alicyclic amines) is 1. The maximum atomic E-state index is 12.0. The van der Waals surface area contributed by atoms with Crippen molar-refractivity contribution in [3.8, 4) is 11.5 Å². The first-order valence-corrected chi connectivity index (χ1v) is 11.1. The minimum atomic E-state index is 0. The zero-order chi connectivity index (χ0) is 22.2. The van der Waals surface area contributed by atoms with Gasteiger partial charge in [0.05, 0.1) is 18.8 Å². The predicted molar refractivity (Wildman–Crippen MR) is 140 cm³/mol. The average molecular weight is 559 g/mol. The van der Waals surface area contributed by atoms with Crippen LogP contribution >= 0.6 is 24.0 Å². The Labute approximate surface area is 211 Å². The van der Waals surface area contributed by atoms with Gasteiger partial charge in [-0.05, 0) is 36.6 Å². The molecule has 3 aromatic rings. The molecule has 0 bridgehead atoms. The van der Waals surface area contributed by atoms with Gasteiger partial charge in [-0.25, -0.2) is 9.98 Å². The Balaban J connectivity index is 0.00000306. The lowest BCUT2D eigenvalue weighted by Crippen LogP contribution is -2.36. The lowest BCUT2D eigenvalue weighted by atomic mass is 10.1. The van der Waals surface area contributed by atoms with Gasteiger partial charge in [-0.1, -0.05) is 42.5 Å². The highest BCUT2D eigenvalue weighted by Crippen LogP contribution is 2.19. The van der Waals surface area contributed by atoms with Gasteiger partial charge in [0.15, 0.2) is 5.96 Å². The number of rotatable bonds is 8. The lowest BCUT2D eigenvalue weighted by Gasteiger charge is -2.18. The van der Waals surface area contributed by atoms with Crippen molar-refractivity contribution < 1.29 is 9.21 Å². The molecule has 1 fully saturated rings. The second-order valence-electron chi connectivity index (χ2n) is 7.75. The molecule has 0 atom stereocenters. The minimum absolute atomic E-state index is 0. The normalized spacial score (nSPS) is 13.7. The van der Waals surface area contributed by atoms with Crippen molar-refractivity contribution in [3.05, 3.63) is 77.7 Å². The molecule has 2 heterocycles. The van der Waals surface area contributed by atoms with Crippen molar-refractivity contribution in [3.63, 3.8) is 0 Å². The molecule has 1 saturated heterocycles. The van der Waals surface area contributed by atoms with E-state index in [1.54, 1.807) is 6.26 Å². The molecule has 2 N–H and O–H groups in total. The van der Waals surface area contributed by atoms with Crippen LogP contribution in [0.3, 0.4) is 0 Å². The first-order valence-electron chi connectivity index (χ1n) is 11.1. The number of nitrogens with one attached hydrogen (secondary N) is 2. The third-order valence-electron chi connectivity index (χ3n) is 5.41. The zero-order valence-electron chi connectivity index (χ0n) is 18.8. The molecule has 8 heteroatoms. The highest BCUT2D eigenvalue weighted by atomic mass is 127. The van der Waals surface area contributed by atoms with E-state index in [2.05, 4.69) is 27.8 Å². The van der Waals surface area contributed by atoms with Gasteiger partial charge < -0.3 is 20.0 Å². The average Bonchev–Trinajstić information content (AvgIpc) is 3.46. The van der Waals surface area contributed by atoms with Gasteiger partial charge in [0.25, 0.3) is 0 Å². The van der Waals surface area contributed by atoms with Crippen LogP contribution in [0.4, 0.5) is 0 Å². The molecular weight excluding hydrogens is 529 g/mol. The number of hydrogen-bond donors (Lipinski definition) is 2. The van der Waals surface area contributed by atoms with Gasteiger partial charge in [-0.2, -0.15) is 0 Å². The van der Waals surface area contributed by atoms with Crippen LogP contribution < -0.4 is 10.6 Å². The molecule has 2 aromatic carbocycles. The number of carbonyl (C=O) groups excluding carboxylic acids is 1. The standard InChI is InChI=1S/C25H29N5O2.HI/c1-2-26-25(28-16-22-18-32-24(29-22)19-9-4-3-5-10-19)27-15-20-11-6-7-12-21(20)17-30-14-8-13-23(30)31;/h3-7,9-12,18H,2,8,13-17H2,1H3,(H2,26,27,28);1H. The van der Waals surface area contributed by atoms with Crippen molar-refractivity contribution in [1.29, 1.82) is 0 Å². The summed E-state index contributed by atoms with van der Waals surface area (Å²) in [5.74, 6) is 1.55. The molecule has 33 heavy (non-hydrogen) atoms. The van der Waals surface area contributed by atoms with Crippen molar-refractivity contribution in [2.24, 2.45) is 4.99 Å². The number of aliphatic imine (C=N–C) groups is 1. The van der Waals surface area contributed by atoms with Gasteiger partial charge in [-0.3, -0.25) is 4.79 Å². The van der Waals surface area contributed by atoms with Crippen molar-refractivity contribution >= 4 is 35.8 Å². The first-order chi connectivity index (χ1) is 15.7. The molecule has 0 saturated carbocycles. The number of nitrogens with zero attached hydrogens (tertiary/aromatic N) is 3. The molecule has 0 spiro atoms. The number of hydrogen-bond acceptors (Lipinski definition) is 4. The van der Waals surface area contributed by atoms with Crippen LogP contribution in [-0.2, 0) is 24.4 Å². The third kappa shape index (κ3) is 6.80. The Hall–Kier alpha value is -2.88. The summed E-state index contributed by atoms with van der Waals surface area (Å²) >= 11 is 0. The fourth-order valence-corrected chi connectivity index (χ4v) is 3.72. The van der Waals surface area contributed by atoms with E-state index < -0.39 is 0 Å². The lowest BCUT2D eigenvalue weighted by molar-refractivity contribution is -0.128. The van der Waals surface area contributed by atoms with E-state index in [0.29, 0.717) is 37.9 Å². The van der Waals surface area contributed by atoms with Crippen molar-refractivity contribution in [2.75, 3.05) is 13.1 Å². The second-order valence-corrected chi connectivity index (χ2v) is 7.75. The van der Waals surface area contributed by atoms with Gasteiger partial charge >= 0.3 is 0 Å². The predicted octanol–water partition coefficient (Wildman–Crippen LogP) is 4.34. The Morgan fingerprint density at radius 1 is 1.09 bits per heavy atom. The molecule has 7 nitrogen and oxygen atoms in total. The van der Waals surface area contributed by atoms with E-state index in [0.717, 1.165) is 41.9 Å².